The topological polar surface area (TPSA) is 42.0 Å². The van der Waals surface area contributed by atoms with Gasteiger partial charge in [-0.1, -0.05) is 42.0 Å². The van der Waals surface area contributed by atoms with E-state index in [1.165, 1.54) is 35.1 Å². The van der Waals surface area contributed by atoms with Gasteiger partial charge in [0.05, 0.1) is 5.69 Å². The van der Waals surface area contributed by atoms with Crippen LogP contribution in [0.4, 0.5) is 9.52 Å². The summed E-state index contributed by atoms with van der Waals surface area (Å²) in [6.07, 6.45) is 3.05. The Morgan fingerprint density at radius 1 is 1.08 bits per heavy atom. The van der Waals surface area contributed by atoms with E-state index in [2.05, 4.69) is 10.3 Å². The van der Waals surface area contributed by atoms with Crippen LogP contribution in [0.25, 0.3) is 17.3 Å². The third kappa shape index (κ3) is 4.39. The molecule has 3 aromatic rings. The molecule has 0 spiro atoms. The molecule has 126 valence electrons. The second-order valence-electron chi connectivity index (χ2n) is 5.66. The Balaban J connectivity index is 1.70. The van der Waals surface area contributed by atoms with Crippen LogP contribution < -0.4 is 5.32 Å². The van der Waals surface area contributed by atoms with Crippen LogP contribution in [0.2, 0.25) is 0 Å². The molecule has 25 heavy (non-hydrogen) atoms. The first-order chi connectivity index (χ1) is 12.0. The predicted octanol–water partition coefficient (Wildman–Crippen LogP) is 5.22. The Bertz CT molecular complexity index is 912. The normalized spacial score (nSPS) is 11.0. The highest BCUT2D eigenvalue weighted by Gasteiger charge is 2.11. The Hall–Kier alpha value is -2.79. The third-order valence-corrected chi connectivity index (χ3v) is 4.54. The third-order valence-electron chi connectivity index (χ3n) is 3.65. The van der Waals surface area contributed by atoms with E-state index >= 15 is 0 Å². The van der Waals surface area contributed by atoms with Gasteiger partial charge in [-0.25, -0.2) is 9.37 Å². The maximum absolute atomic E-state index is 12.9. The molecule has 0 bridgehead atoms. The number of hydrogen-bond acceptors (Lipinski definition) is 3. The van der Waals surface area contributed by atoms with Crippen molar-refractivity contribution in [2.75, 3.05) is 5.32 Å². The van der Waals surface area contributed by atoms with Crippen LogP contribution in [0.15, 0.2) is 54.6 Å². The molecule has 5 heteroatoms. The van der Waals surface area contributed by atoms with Crippen molar-refractivity contribution < 1.29 is 9.18 Å². The maximum Gasteiger partial charge on any atom is 0.250 e. The van der Waals surface area contributed by atoms with E-state index in [1.54, 1.807) is 18.2 Å². The average Bonchev–Trinajstić information content (AvgIpc) is 2.95. The summed E-state index contributed by atoms with van der Waals surface area (Å²) in [5.74, 6) is -0.572. The van der Waals surface area contributed by atoms with Crippen molar-refractivity contribution in [3.63, 3.8) is 0 Å². The summed E-state index contributed by atoms with van der Waals surface area (Å²) >= 11 is 1.44. The second kappa shape index (κ2) is 7.40. The molecule has 0 aliphatic rings. The highest BCUT2D eigenvalue weighted by molar-refractivity contribution is 7.16. The van der Waals surface area contributed by atoms with Crippen molar-refractivity contribution in [1.29, 1.82) is 0 Å². The number of anilines is 1. The maximum atomic E-state index is 12.9. The lowest BCUT2D eigenvalue weighted by molar-refractivity contribution is -0.111. The minimum atomic E-state index is -0.302. The Morgan fingerprint density at radius 3 is 2.44 bits per heavy atom. The fourth-order valence-electron chi connectivity index (χ4n) is 2.32. The van der Waals surface area contributed by atoms with Gasteiger partial charge >= 0.3 is 0 Å². The lowest BCUT2D eigenvalue weighted by Crippen LogP contribution is -2.07. The van der Waals surface area contributed by atoms with E-state index in [-0.39, 0.29) is 11.7 Å². The second-order valence-corrected chi connectivity index (χ2v) is 6.87. The van der Waals surface area contributed by atoms with Crippen LogP contribution in [0.5, 0.6) is 0 Å². The van der Waals surface area contributed by atoms with Crippen molar-refractivity contribution in [3.8, 4) is 11.3 Å². The van der Waals surface area contributed by atoms with Gasteiger partial charge in [0.1, 0.15) is 5.82 Å². The van der Waals surface area contributed by atoms with E-state index < -0.39 is 0 Å². The number of carbonyl (C=O) groups is 1. The molecular formula is C20H17FN2OS. The highest BCUT2D eigenvalue weighted by Crippen LogP contribution is 2.30. The van der Waals surface area contributed by atoms with Crippen molar-refractivity contribution in [2.45, 2.75) is 13.8 Å². The van der Waals surface area contributed by atoms with Crippen LogP contribution in [0.1, 0.15) is 16.0 Å². The Labute approximate surface area is 149 Å². The first-order valence-corrected chi connectivity index (χ1v) is 8.62. The molecule has 2 aromatic carbocycles. The average molecular weight is 352 g/mol. The summed E-state index contributed by atoms with van der Waals surface area (Å²) in [5.41, 5.74) is 3.85. The van der Waals surface area contributed by atoms with Gasteiger partial charge in [-0.05, 0) is 37.6 Å². The smallest absolute Gasteiger partial charge is 0.250 e. The minimum absolute atomic E-state index is 0.270. The molecule has 1 amide bonds. The summed E-state index contributed by atoms with van der Waals surface area (Å²) < 4.78 is 12.9. The molecule has 3 nitrogen and oxygen atoms in total. The first kappa shape index (κ1) is 17.0. The van der Waals surface area contributed by atoms with Crippen LogP contribution in [0, 0.1) is 19.7 Å². The molecule has 0 saturated heterocycles. The van der Waals surface area contributed by atoms with Crippen LogP contribution in [-0.2, 0) is 4.79 Å². The van der Waals surface area contributed by atoms with Crippen LogP contribution in [0.3, 0.4) is 0 Å². The number of carbonyl (C=O) groups excluding carboxylic acids is 1. The number of amides is 1. The molecule has 1 aromatic heterocycles. The van der Waals surface area contributed by atoms with Gasteiger partial charge < -0.3 is 0 Å². The molecule has 1 N–H and O–H groups in total. The molecule has 0 aliphatic carbocycles. The number of aromatic nitrogens is 1. The number of benzene rings is 2. The van der Waals surface area contributed by atoms with Gasteiger partial charge in [-0.15, -0.1) is 11.3 Å². The van der Waals surface area contributed by atoms with Gasteiger partial charge in [0.25, 0.3) is 0 Å². The van der Waals surface area contributed by atoms with Crippen LogP contribution in [-0.4, -0.2) is 10.9 Å². The summed E-state index contributed by atoms with van der Waals surface area (Å²) in [6, 6.07) is 14.1. The van der Waals surface area contributed by atoms with Gasteiger partial charge in [0.2, 0.25) is 5.91 Å². The lowest BCUT2D eigenvalue weighted by atomic mass is 10.1. The summed E-state index contributed by atoms with van der Waals surface area (Å²) in [7, 11) is 0. The van der Waals surface area contributed by atoms with Gasteiger partial charge in [0.15, 0.2) is 5.13 Å². The number of nitrogens with zero attached hydrogens (tertiary/aromatic N) is 1. The molecule has 0 saturated carbocycles. The monoisotopic (exact) mass is 352 g/mol. The van der Waals surface area contributed by atoms with E-state index in [0.717, 1.165) is 21.7 Å². The number of hydrogen-bond donors (Lipinski definition) is 1. The van der Waals surface area contributed by atoms with Gasteiger partial charge in [-0.2, -0.15) is 0 Å². The molecule has 0 atom stereocenters. The largest absolute Gasteiger partial charge is 0.298 e. The van der Waals surface area contributed by atoms with Crippen molar-refractivity contribution >= 4 is 28.5 Å². The first-order valence-electron chi connectivity index (χ1n) is 7.80. The number of thiazole rings is 1. The molecular weight excluding hydrogens is 335 g/mol. The van der Waals surface area contributed by atoms with Gasteiger partial charge in [-0.3, -0.25) is 10.1 Å². The quantitative estimate of drug-likeness (QED) is 0.654. The molecule has 0 radical (unpaired) electrons. The zero-order valence-corrected chi connectivity index (χ0v) is 14.7. The minimum Gasteiger partial charge on any atom is -0.298 e. The number of rotatable bonds is 4. The standard InChI is InChI=1S/C20H17FN2OS/c1-13-3-8-16(9-4-13)19-14(2)25-20(23-19)22-18(24)12-7-15-5-10-17(21)11-6-15/h3-12H,1-2H3,(H,22,23,24). The fourth-order valence-corrected chi connectivity index (χ4v) is 3.16. The zero-order valence-electron chi connectivity index (χ0n) is 13.9. The Morgan fingerprint density at radius 2 is 1.76 bits per heavy atom. The van der Waals surface area contributed by atoms with E-state index in [4.69, 9.17) is 0 Å². The SMILES string of the molecule is Cc1ccc(-c2nc(NC(=O)C=Cc3ccc(F)cc3)sc2C)cc1. The van der Waals surface area contributed by atoms with Crippen molar-refractivity contribution in [3.05, 3.63) is 76.4 Å². The summed E-state index contributed by atoms with van der Waals surface area (Å²) in [6.45, 7) is 4.02. The highest BCUT2D eigenvalue weighted by atomic mass is 32.1. The lowest BCUT2D eigenvalue weighted by Gasteiger charge is -1.99. The van der Waals surface area contributed by atoms with E-state index in [0.29, 0.717) is 5.13 Å². The molecule has 3 rings (SSSR count). The molecule has 0 fully saturated rings. The van der Waals surface area contributed by atoms with Crippen molar-refractivity contribution in [1.82, 2.24) is 4.98 Å². The molecule has 1 heterocycles. The van der Waals surface area contributed by atoms with Gasteiger partial charge in [0, 0.05) is 16.5 Å². The zero-order chi connectivity index (χ0) is 17.8. The number of aryl methyl sites for hydroxylation is 2. The number of halogens is 1. The van der Waals surface area contributed by atoms with Crippen LogP contribution >= 0.6 is 11.3 Å². The molecule has 0 aliphatic heterocycles. The summed E-state index contributed by atoms with van der Waals surface area (Å²) in [5, 5.41) is 3.33. The number of nitrogens with one attached hydrogen (secondary N) is 1. The Kier molecular flexibility index (Phi) is 5.05. The fraction of sp³-hybridized carbons (Fsp3) is 0.100. The predicted molar refractivity (Wildman–Crippen MR) is 101 cm³/mol. The van der Waals surface area contributed by atoms with E-state index in [1.807, 2.05) is 38.1 Å². The molecule has 0 unspecified atom stereocenters. The van der Waals surface area contributed by atoms with Crippen molar-refractivity contribution in [2.24, 2.45) is 0 Å². The summed E-state index contributed by atoms with van der Waals surface area (Å²) in [4.78, 5) is 17.6. The van der Waals surface area contributed by atoms with E-state index in [9.17, 15) is 9.18 Å².